The largest absolute Gasteiger partial charge is 0.215 e. The molecule has 2 aromatic heterocycles. The van der Waals surface area contributed by atoms with Gasteiger partial charge in [-0.2, -0.15) is 4.98 Å². The topological polar surface area (TPSA) is 76.4 Å². The van der Waals surface area contributed by atoms with Crippen LogP contribution in [0.25, 0.3) is 16.3 Å². The van der Waals surface area contributed by atoms with Crippen molar-refractivity contribution in [1.82, 2.24) is 19.3 Å². The van der Waals surface area contributed by atoms with Crippen LogP contribution in [0.3, 0.4) is 0 Å². The van der Waals surface area contributed by atoms with Gasteiger partial charge >= 0.3 is 0 Å². The molecule has 0 atom stereocenters. The zero-order chi connectivity index (χ0) is 20.4. The second-order valence-electron chi connectivity index (χ2n) is 6.33. The summed E-state index contributed by atoms with van der Waals surface area (Å²) < 4.78 is 42.8. The summed E-state index contributed by atoms with van der Waals surface area (Å²) in [4.78, 5) is 4.99. The Morgan fingerprint density at radius 3 is 2.69 bits per heavy atom. The summed E-state index contributed by atoms with van der Waals surface area (Å²) in [7, 11) is -3.53. The highest BCUT2D eigenvalue weighted by Crippen LogP contribution is 2.23. The van der Waals surface area contributed by atoms with E-state index in [0.717, 1.165) is 5.69 Å². The molecule has 150 valence electrons. The van der Waals surface area contributed by atoms with Gasteiger partial charge in [0.25, 0.3) is 0 Å². The number of hydrogen-bond donors (Lipinski definition) is 1. The van der Waals surface area contributed by atoms with Crippen LogP contribution in [-0.4, -0.2) is 29.6 Å². The fraction of sp³-hybridized carbons (Fsp3) is 0.158. The number of nitrogens with zero attached hydrogens (tertiary/aromatic N) is 3. The average Bonchev–Trinajstić information content (AvgIpc) is 3.25. The Bertz CT molecular complexity index is 1270. The highest BCUT2D eigenvalue weighted by Gasteiger charge is 2.16. The van der Waals surface area contributed by atoms with E-state index in [1.54, 1.807) is 47.0 Å². The van der Waals surface area contributed by atoms with E-state index < -0.39 is 10.0 Å². The van der Waals surface area contributed by atoms with Crippen LogP contribution in [0, 0.1) is 5.82 Å². The molecule has 0 aliphatic carbocycles. The van der Waals surface area contributed by atoms with Gasteiger partial charge in [0.1, 0.15) is 5.82 Å². The molecule has 10 heteroatoms. The van der Waals surface area contributed by atoms with Crippen molar-refractivity contribution in [2.75, 3.05) is 6.54 Å². The lowest BCUT2D eigenvalue weighted by atomic mass is 10.2. The standard InChI is InChI=1S/C19H16ClFN4O2S2/c20-16-7-3-1-5-13(16)12-29(26,27)22-10-9-14-11-28-19-23-18(24-25(14)19)15-6-2-4-8-17(15)21/h1-8,11,22H,9-10,12H2. The Hall–Kier alpha value is -2.33. The van der Waals surface area contributed by atoms with E-state index in [2.05, 4.69) is 14.8 Å². The highest BCUT2D eigenvalue weighted by molar-refractivity contribution is 7.88. The van der Waals surface area contributed by atoms with E-state index in [0.29, 0.717) is 33.4 Å². The molecule has 0 aliphatic rings. The first kappa shape index (κ1) is 20.0. The monoisotopic (exact) mass is 450 g/mol. The fourth-order valence-electron chi connectivity index (χ4n) is 2.86. The van der Waals surface area contributed by atoms with E-state index in [4.69, 9.17) is 11.6 Å². The molecule has 4 aromatic rings. The van der Waals surface area contributed by atoms with Crippen molar-refractivity contribution in [3.8, 4) is 11.4 Å². The summed E-state index contributed by atoms with van der Waals surface area (Å²) in [5.41, 5.74) is 1.67. The van der Waals surface area contributed by atoms with Gasteiger partial charge in [-0.25, -0.2) is 22.0 Å². The molecule has 6 nitrogen and oxygen atoms in total. The molecule has 2 heterocycles. The Morgan fingerprint density at radius 2 is 1.90 bits per heavy atom. The highest BCUT2D eigenvalue weighted by atomic mass is 35.5. The predicted octanol–water partition coefficient (Wildman–Crippen LogP) is 3.91. The zero-order valence-electron chi connectivity index (χ0n) is 15.0. The first-order chi connectivity index (χ1) is 13.9. The van der Waals surface area contributed by atoms with Crippen molar-refractivity contribution >= 4 is 37.9 Å². The molecule has 0 saturated heterocycles. The van der Waals surface area contributed by atoms with Crippen molar-refractivity contribution in [2.24, 2.45) is 0 Å². The minimum Gasteiger partial charge on any atom is -0.215 e. The number of nitrogens with one attached hydrogen (secondary N) is 1. The van der Waals surface area contributed by atoms with Crippen LogP contribution in [0.15, 0.2) is 53.9 Å². The van der Waals surface area contributed by atoms with E-state index in [-0.39, 0.29) is 18.1 Å². The summed E-state index contributed by atoms with van der Waals surface area (Å²) in [6, 6.07) is 13.2. The Balaban J connectivity index is 1.45. The summed E-state index contributed by atoms with van der Waals surface area (Å²) in [5, 5.41) is 6.66. The fourth-order valence-corrected chi connectivity index (χ4v) is 5.17. The molecule has 0 unspecified atom stereocenters. The van der Waals surface area contributed by atoms with Gasteiger partial charge < -0.3 is 0 Å². The molecule has 0 fully saturated rings. The first-order valence-corrected chi connectivity index (χ1v) is 11.6. The Morgan fingerprint density at radius 1 is 1.14 bits per heavy atom. The van der Waals surface area contributed by atoms with Gasteiger partial charge in [0.05, 0.1) is 17.0 Å². The van der Waals surface area contributed by atoms with Gasteiger partial charge in [0, 0.05) is 23.4 Å². The number of sulfonamides is 1. The van der Waals surface area contributed by atoms with Gasteiger partial charge in [-0.15, -0.1) is 16.4 Å². The van der Waals surface area contributed by atoms with Crippen LogP contribution in [0.2, 0.25) is 5.02 Å². The zero-order valence-corrected chi connectivity index (χ0v) is 17.4. The number of rotatable bonds is 7. The smallest absolute Gasteiger partial charge is 0.215 e. The van der Waals surface area contributed by atoms with Gasteiger partial charge in [-0.1, -0.05) is 41.9 Å². The molecular formula is C19H16ClFN4O2S2. The number of benzene rings is 2. The molecule has 0 amide bonds. The van der Waals surface area contributed by atoms with Crippen LogP contribution in [-0.2, 0) is 22.2 Å². The van der Waals surface area contributed by atoms with Crippen LogP contribution in [0.4, 0.5) is 4.39 Å². The molecule has 2 aromatic carbocycles. The molecule has 0 spiro atoms. The lowest BCUT2D eigenvalue weighted by Gasteiger charge is -2.07. The van der Waals surface area contributed by atoms with Crippen LogP contribution in [0.5, 0.6) is 0 Å². The minimum atomic E-state index is -3.53. The lowest BCUT2D eigenvalue weighted by Crippen LogP contribution is -2.27. The maximum absolute atomic E-state index is 14.0. The van der Waals surface area contributed by atoms with Crippen LogP contribution < -0.4 is 4.72 Å². The maximum atomic E-state index is 14.0. The normalized spacial score (nSPS) is 11.9. The minimum absolute atomic E-state index is 0.188. The van der Waals surface area contributed by atoms with Gasteiger partial charge in [0.15, 0.2) is 5.82 Å². The Kier molecular flexibility index (Phi) is 5.64. The number of hydrogen-bond acceptors (Lipinski definition) is 5. The first-order valence-electron chi connectivity index (χ1n) is 8.72. The van der Waals surface area contributed by atoms with Crippen molar-refractivity contribution < 1.29 is 12.8 Å². The number of aromatic nitrogens is 3. The number of thiazole rings is 1. The van der Waals surface area contributed by atoms with E-state index >= 15 is 0 Å². The third-order valence-corrected chi connectivity index (χ3v) is 6.84. The molecular weight excluding hydrogens is 435 g/mol. The van der Waals surface area contributed by atoms with Crippen LogP contribution >= 0.6 is 22.9 Å². The second-order valence-corrected chi connectivity index (χ2v) is 9.38. The molecule has 0 aliphatic heterocycles. The second kappa shape index (κ2) is 8.19. The van der Waals surface area contributed by atoms with Gasteiger partial charge in [-0.3, -0.25) is 0 Å². The summed E-state index contributed by atoms with van der Waals surface area (Å²) in [5.74, 6) is -0.276. The predicted molar refractivity (Wildman–Crippen MR) is 112 cm³/mol. The summed E-state index contributed by atoms with van der Waals surface area (Å²) >= 11 is 7.41. The van der Waals surface area contributed by atoms with E-state index in [1.165, 1.54) is 17.4 Å². The average molecular weight is 451 g/mol. The summed E-state index contributed by atoms with van der Waals surface area (Å²) in [6.07, 6.45) is 0.418. The molecule has 0 bridgehead atoms. The number of halogens is 2. The van der Waals surface area contributed by atoms with Crippen molar-refractivity contribution in [3.05, 3.63) is 76.0 Å². The lowest BCUT2D eigenvalue weighted by molar-refractivity contribution is 0.580. The molecule has 1 N–H and O–H groups in total. The molecule has 0 radical (unpaired) electrons. The third-order valence-electron chi connectivity index (χ3n) is 4.27. The number of fused-ring (bicyclic) bond motifs is 1. The van der Waals surface area contributed by atoms with Crippen molar-refractivity contribution in [3.63, 3.8) is 0 Å². The van der Waals surface area contributed by atoms with Gasteiger partial charge in [-0.05, 0) is 23.8 Å². The van der Waals surface area contributed by atoms with Crippen molar-refractivity contribution in [1.29, 1.82) is 0 Å². The molecule has 29 heavy (non-hydrogen) atoms. The SMILES string of the molecule is O=S(=O)(Cc1ccccc1Cl)NCCc1csc2nc(-c3ccccc3F)nn12. The Labute approximate surface area is 176 Å². The summed E-state index contributed by atoms with van der Waals surface area (Å²) in [6.45, 7) is 0.202. The van der Waals surface area contributed by atoms with Gasteiger partial charge in [0.2, 0.25) is 15.0 Å². The van der Waals surface area contributed by atoms with E-state index in [9.17, 15) is 12.8 Å². The maximum Gasteiger partial charge on any atom is 0.215 e. The van der Waals surface area contributed by atoms with E-state index in [1.807, 2.05) is 5.38 Å². The molecule has 0 saturated carbocycles. The van der Waals surface area contributed by atoms with Crippen LogP contribution in [0.1, 0.15) is 11.3 Å². The molecule has 4 rings (SSSR count). The quantitative estimate of drug-likeness (QED) is 0.463. The van der Waals surface area contributed by atoms with Crippen molar-refractivity contribution in [2.45, 2.75) is 12.2 Å². The third kappa shape index (κ3) is 4.48.